The van der Waals surface area contributed by atoms with Crippen molar-refractivity contribution in [3.8, 4) is 0 Å². The van der Waals surface area contributed by atoms with Crippen LogP contribution in [0.1, 0.15) is 71.6 Å². The molecule has 1 heterocycles. The number of likely N-dealkylation sites (tertiary alicyclic amines) is 1. The van der Waals surface area contributed by atoms with Gasteiger partial charge in [-0.15, -0.1) is 0 Å². The second-order valence-corrected chi connectivity index (χ2v) is 5.55. The molecule has 0 bridgehead atoms. The highest BCUT2D eigenvalue weighted by Crippen LogP contribution is 2.15. The zero-order valence-electron chi connectivity index (χ0n) is 11.7. The summed E-state index contributed by atoms with van der Waals surface area (Å²) in [6.07, 6.45) is 10.8. The molecule has 1 atom stereocenters. The summed E-state index contributed by atoms with van der Waals surface area (Å²) in [7, 11) is 0. The highest BCUT2D eigenvalue weighted by Gasteiger charge is 2.16. The van der Waals surface area contributed by atoms with Gasteiger partial charge in [-0.3, -0.25) is 4.79 Å². The number of amides is 1. The summed E-state index contributed by atoms with van der Waals surface area (Å²) < 4.78 is 0. The first-order chi connectivity index (χ1) is 8.24. The van der Waals surface area contributed by atoms with Gasteiger partial charge in [0.25, 0.3) is 0 Å². The van der Waals surface area contributed by atoms with Gasteiger partial charge >= 0.3 is 0 Å². The summed E-state index contributed by atoms with van der Waals surface area (Å²) >= 11 is 0. The summed E-state index contributed by atoms with van der Waals surface area (Å²) in [5.41, 5.74) is 0. The Kier molecular flexibility index (Phi) is 7.30. The molecule has 0 spiro atoms. The molecule has 0 aliphatic carbocycles. The van der Waals surface area contributed by atoms with Crippen LogP contribution in [0.3, 0.4) is 0 Å². The van der Waals surface area contributed by atoms with Crippen molar-refractivity contribution in [2.24, 2.45) is 5.92 Å². The Morgan fingerprint density at radius 3 is 2.41 bits per heavy atom. The van der Waals surface area contributed by atoms with E-state index < -0.39 is 0 Å². The van der Waals surface area contributed by atoms with Gasteiger partial charge in [-0.1, -0.05) is 46.0 Å². The summed E-state index contributed by atoms with van der Waals surface area (Å²) in [6.45, 7) is 6.61. The number of carbonyl (C=O) groups is 1. The maximum absolute atomic E-state index is 11.8. The van der Waals surface area contributed by atoms with Gasteiger partial charge < -0.3 is 4.90 Å². The van der Waals surface area contributed by atoms with Crippen molar-refractivity contribution in [3.63, 3.8) is 0 Å². The quantitative estimate of drug-likeness (QED) is 0.586. The van der Waals surface area contributed by atoms with Crippen LogP contribution in [0.25, 0.3) is 0 Å². The van der Waals surface area contributed by atoms with E-state index in [1.807, 2.05) is 4.90 Å². The van der Waals surface area contributed by atoms with E-state index >= 15 is 0 Å². The lowest BCUT2D eigenvalue weighted by Gasteiger charge is -2.14. The second kappa shape index (κ2) is 8.54. The fraction of sp³-hybridized carbons (Fsp3) is 0.933. The van der Waals surface area contributed by atoms with Crippen molar-refractivity contribution in [2.45, 2.75) is 71.6 Å². The van der Waals surface area contributed by atoms with Crippen LogP contribution in [-0.2, 0) is 4.79 Å². The number of hydrogen-bond donors (Lipinski definition) is 0. The van der Waals surface area contributed by atoms with Gasteiger partial charge in [0.2, 0.25) is 5.91 Å². The second-order valence-electron chi connectivity index (χ2n) is 5.55. The SMILES string of the molecule is CCC(C)CCCCCCC(=O)N1CCCC1. The molecule has 1 fully saturated rings. The van der Waals surface area contributed by atoms with Crippen LogP contribution in [0.2, 0.25) is 0 Å². The fourth-order valence-electron chi connectivity index (χ4n) is 2.45. The predicted octanol–water partition coefficient (Wildman–Crippen LogP) is 4.00. The molecule has 1 saturated heterocycles. The van der Waals surface area contributed by atoms with Crippen LogP contribution in [0.4, 0.5) is 0 Å². The molecule has 2 nitrogen and oxygen atoms in total. The molecule has 1 amide bonds. The smallest absolute Gasteiger partial charge is 0.222 e. The van der Waals surface area contributed by atoms with Crippen LogP contribution in [0, 0.1) is 5.92 Å². The molecule has 2 heteroatoms. The van der Waals surface area contributed by atoms with E-state index in [4.69, 9.17) is 0 Å². The van der Waals surface area contributed by atoms with E-state index in [0.29, 0.717) is 5.91 Å². The molecular weight excluding hydrogens is 210 g/mol. The summed E-state index contributed by atoms with van der Waals surface area (Å²) in [4.78, 5) is 13.8. The molecule has 1 aliphatic heterocycles. The zero-order valence-corrected chi connectivity index (χ0v) is 11.7. The minimum Gasteiger partial charge on any atom is -0.343 e. The molecule has 100 valence electrons. The van der Waals surface area contributed by atoms with Gasteiger partial charge in [0.15, 0.2) is 0 Å². The zero-order chi connectivity index (χ0) is 12.5. The van der Waals surface area contributed by atoms with E-state index in [0.717, 1.165) is 31.8 Å². The molecule has 17 heavy (non-hydrogen) atoms. The number of hydrogen-bond acceptors (Lipinski definition) is 1. The third-order valence-electron chi connectivity index (χ3n) is 3.99. The Morgan fingerprint density at radius 2 is 1.76 bits per heavy atom. The van der Waals surface area contributed by atoms with Crippen molar-refractivity contribution in [2.75, 3.05) is 13.1 Å². The summed E-state index contributed by atoms with van der Waals surface area (Å²) in [6, 6.07) is 0. The van der Waals surface area contributed by atoms with Gasteiger partial charge in [0, 0.05) is 19.5 Å². The number of nitrogens with zero attached hydrogens (tertiary/aromatic N) is 1. The Bertz CT molecular complexity index is 209. The normalized spacial score (nSPS) is 17.4. The number of unbranched alkanes of at least 4 members (excludes halogenated alkanes) is 3. The monoisotopic (exact) mass is 239 g/mol. The third-order valence-corrected chi connectivity index (χ3v) is 3.99. The first kappa shape index (κ1) is 14.5. The van der Waals surface area contributed by atoms with Crippen LogP contribution in [0.15, 0.2) is 0 Å². The molecule has 0 aromatic rings. The van der Waals surface area contributed by atoms with Crippen molar-refractivity contribution in [3.05, 3.63) is 0 Å². The highest BCUT2D eigenvalue weighted by atomic mass is 16.2. The predicted molar refractivity (Wildman–Crippen MR) is 73.0 cm³/mol. The number of carbonyl (C=O) groups excluding carboxylic acids is 1. The van der Waals surface area contributed by atoms with E-state index in [2.05, 4.69) is 13.8 Å². The van der Waals surface area contributed by atoms with Crippen molar-refractivity contribution < 1.29 is 4.79 Å². The molecule has 1 unspecified atom stereocenters. The highest BCUT2D eigenvalue weighted by molar-refractivity contribution is 5.76. The van der Waals surface area contributed by atoms with Crippen LogP contribution in [-0.4, -0.2) is 23.9 Å². The first-order valence-electron chi connectivity index (χ1n) is 7.51. The summed E-state index contributed by atoms with van der Waals surface area (Å²) in [5, 5.41) is 0. The number of rotatable bonds is 8. The van der Waals surface area contributed by atoms with Gasteiger partial charge in [-0.05, 0) is 25.2 Å². The Morgan fingerprint density at radius 1 is 1.12 bits per heavy atom. The molecule has 1 rings (SSSR count). The molecule has 0 N–H and O–H groups in total. The Hall–Kier alpha value is -0.530. The van der Waals surface area contributed by atoms with Crippen LogP contribution in [0.5, 0.6) is 0 Å². The third kappa shape index (κ3) is 6.09. The lowest BCUT2D eigenvalue weighted by Crippen LogP contribution is -2.27. The minimum absolute atomic E-state index is 0.393. The molecule has 0 aromatic heterocycles. The van der Waals surface area contributed by atoms with E-state index in [1.165, 1.54) is 44.9 Å². The van der Waals surface area contributed by atoms with E-state index in [1.54, 1.807) is 0 Å². The maximum atomic E-state index is 11.8. The lowest BCUT2D eigenvalue weighted by atomic mass is 10.00. The average Bonchev–Trinajstić information content (AvgIpc) is 2.86. The molecular formula is C15H29NO. The Balaban J connectivity index is 1.91. The largest absolute Gasteiger partial charge is 0.343 e. The van der Waals surface area contributed by atoms with E-state index in [-0.39, 0.29) is 0 Å². The minimum atomic E-state index is 0.393. The molecule has 0 aromatic carbocycles. The summed E-state index contributed by atoms with van der Waals surface area (Å²) in [5.74, 6) is 1.27. The molecule has 0 radical (unpaired) electrons. The van der Waals surface area contributed by atoms with Gasteiger partial charge in [-0.2, -0.15) is 0 Å². The Labute approximate surface area is 107 Å². The van der Waals surface area contributed by atoms with Gasteiger partial charge in [0.05, 0.1) is 0 Å². The molecule has 1 aliphatic rings. The maximum Gasteiger partial charge on any atom is 0.222 e. The van der Waals surface area contributed by atoms with Crippen LogP contribution < -0.4 is 0 Å². The molecule has 0 saturated carbocycles. The first-order valence-corrected chi connectivity index (χ1v) is 7.51. The fourth-order valence-corrected chi connectivity index (χ4v) is 2.45. The van der Waals surface area contributed by atoms with Crippen LogP contribution >= 0.6 is 0 Å². The average molecular weight is 239 g/mol. The van der Waals surface area contributed by atoms with Crippen molar-refractivity contribution in [1.29, 1.82) is 0 Å². The van der Waals surface area contributed by atoms with E-state index in [9.17, 15) is 4.79 Å². The van der Waals surface area contributed by atoms with Gasteiger partial charge in [0.1, 0.15) is 0 Å². The van der Waals surface area contributed by atoms with Gasteiger partial charge in [-0.25, -0.2) is 0 Å². The van der Waals surface area contributed by atoms with Crippen molar-refractivity contribution >= 4 is 5.91 Å². The lowest BCUT2D eigenvalue weighted by molar-refractivity contribution is -0.130. The van der Waals surface area contributed by atoms with Crippen molar-refractivity contribution in [1.82, 2.24) is 4.90 Å². The topological polar surface area (TPSA) is 20.3 Å². The standard InChI is InChI=1S/C15H29NO/c1-3-14(2)10-6-4-5-7-11-15(17)16-12-8-9-13-16/h14H,3-13H2,1-2H3.